The lowest BCUT2D eigenvalue weighted by Crippen LogP contribution is -2.11. The number of ether oxygens (including phenoxy) is 1. The molecule has 74 valence electrons. The van der Waals surface area contributed by atoms with Crippen molar-refractivity contribution in [3.8, 4) is 5.75 Å². The topological polar surface area (TPSA) is 16.8 Å². The highest BCUT2D eigenvalue weighted by atomic mass is 16.5. The molecule has 0 atom stereocenters. The Morgan fingerprint density at radius 3 is 2.64 bits per heavy atom. The van der Waals surface area contributed by atoms with E-state index in [-0.39, 0.29) is 0 Å². The van der Waals surface area contributed by atoms with E-state index in [1.54, 1.807) is 13.2 Å². The number of hydrogen-bond acceptors (Lipinski definition) is 2. The van der Waals surface area contributed by atoms with Crippen LogP contribution in [0.4, 0.5) is 5.69 Å². The number of nitrogens with zero attached hydrogens (tertiary/aromatic N) is 2. The summed E-state index contributed by atoms with van der Waals surface area (Å²) in [6, 6.07) is 5.48. The minimum atomic E-state index is 0.655. The van der Waals surface area contributed by atoms with Crippen LogP contribution in [0.5, 0.6) is 5.75 Å². The molecule has 0 bridgehead atoms. The average Bonchev–Trinajstić information content (AvgIpc) is 2.16. The fourth-order valence-electron chi connectivity index (χ4n) is 1.30. The summed E-state index contributed by atoms with van der Waals surface area (Å²) in [6.07, 6.45) is 0. The zero-order valence-electron chi connectivity index (χ0n) is 8.74. The second-order valence-electron chi connectivity index (χ2n) is 3.35. The molecule has 1 rings (SSSR count). The standard InChI is InChI=1S/C11H14N2O/c1-12-10-5-6-11(14-4)9(7-10)8-13(2)3/h5-7H,8H2,2-4H3. The monoisotopic (exact) mass is 190 g/mol. The van der Waals surface area contributed by atoms with Crippen molar-refractivity contribution in [1.82, 2.24) is 4.90 Å². The van der Waals surface area contributed by atoms with Crippen molar-refractivity contribution in [3.63, 3.8) is 0 Å². The fourth-order valence-corrected chi connectivity index (χ4v) is 1.30. The van der Waals surface area contributed by atoms with Gasteiger partial charge in [0.2, 0.25) is 0 Å². The first-order chi connectivity index (χ1) is 6.67. The van der Waals surface area contributed by atoms with Crippen LogP contribution < -0.4 is 4.74 Å². The molecule has 3 heteroatoms. The molecule has 0 spiro atoms. The highest BCUT2D eigenvalue weighted by Crippen LogP contribution is 2.24. The summed E-state index contributed by atoms with van der Waals surface area (Å²) in [5.41, 5.74) is 1.70. The third-order valence-electron chi connectivity index (χ3n) is 1.88. The van der Waals surface area contributed by atoms with Gasteiger partial charge in [0.25, 0.3) is 0 Å². The maximum atomic E-state index is 6.92. The highest BCUT2D eigenvalue weighted by molar-refractivity contribution is 5.51. The molecule has 1 aromatic rings. The van der Waals surface area contributed by atoms with Gasteiger partial charge in [-0.15, -0.1) is 0 Å². The summed E-state index contributed by atoms with van der Waals surface area (Å²) in [6.45, 7) is 7.71. The summed E-state index contributed by atoms with van der Waals surface area (Å²) in [5.74, 6) is 0.839. The molecule has 0 unspecified atom stereocenters. The summed E-state index contributed by atoms with van der Waals surface area (Å²) >= 11 is 0. The SMILES string of the molecule is [C-]#[N+]c1ccc(OC)c(CN(C)C)c1. The Morgan fingerprint density at radius 1 is 1.43 bits per heavy atom. The first-order valence-electron chi connectivity index (χ1n) is 4.36. The predicted molar refractivity (Wildman–Crippen MR) is 56.6 cm³/mol. The minimum Gasteiger partial charge on any atom is -0.497 e. The maximum Gasteiger partial charge on any atom is 0.187 e. The van der Waals surface area contributed by atoms with Crippen molar-refractivity contribution in [1.29, 1.82) is 0 Å². The third-order valence-corrected chi connectivity index (χ3v) is 1.88. The van der Waals surface area contributed by atoms with Crippen LogP contribution in [0.15, 0.2) is 18.2 Å². The normalized spacial score (nSPS) is 9.93. The smallest absolute Gasteiger partial charge is 0.187 e. The Bertz CT molecular complexity index is 353. The molecule has 0 aromatic heterocycles. The molecular formula is C11H14N2O. The van der Waals surface area contributed by atoms with Crippen LogP contribution in [0, 0.1) is 6.57 Å². The van der Waals surface area contributed by atoms with Gasteiger partial charge in [-0.2, -0.15) is 0 Å². The van der Waals surface area contributed by atoms with Gasteiger partial charge in [0.1, 0.15) is 5.75 Å². The van der Waals surface area contributed by atoms with Crippen LogP contribution in [-0.2, 0) is 6.54 Å². The number of benzene rings is 1. The molecule has 0 radical (unpaired) electrons. The van der Waals surface area contributed by atoms with Crippen molar-refractivity contribution >= 4 is 5.69 Å². The second kappa shape index (κ2) is 4.64. The molecule has 1 aromatic carbocycles. The van der Waals surface area contributed by atoms with Crippen molar-refractivity contribution in [2.75, 3.05) is 21.2 Å². The molecule has 0 aliphatic heterocycles. The van der Waals surface area contributed by atoms with E-state index in [2.05, 4.69) is 4.85 Å². The van der Waals surface area contributed by atoms with Gasteiger partial charge >= 0.3 is 0 Å². The van der Waals surface area contributed by atoms with E-state index >= 15 is 0 Å². The minimum absolute atomic E-state index is 0.655. The summed E-state index contributed by atoms with van der Waals surface area (Å²) in [4.78, 5) is 5.44. The number of rotatable bonds is 3. The van der Waals surface area contributed by atoms with Gasteiger partial charge in [0, 0.05) is 6.54 Å². The van der Waals surface area contributed by atoms with Crippen molar-refractivity contribution in [2.45, 2.75) is 6.54 Å². The van der Waals surface area contributed by atoms with E-state index in [0.717, 1.165) is 17.9 Å². The molecule has 0 saturated heterocycles. The van der Waals surface area contributed by atoms with Gasteiger partial charge in [0.05, 0.1) is 13.7 Å². The fraction of sp³-hybridized carbons (Fsp3) is 0.364. The first kappa shape index (κ1) is 10.6. The average molecular weight is 190 g/mol. The Morgan fingerprint density at radius 2 is 2.14 bits per heavy atom. The van der Waals surface area contributed by atoms with E-state index < -0.39 is 0 Å². The molecule has 14 heavy (non-hydrogen) atoms. The third kappa shape index (κ3) is 2.48. The van der Waals surface area contributed by atoms with Gasteiger partial charge in [-0.3, -0.25) is 0 Å². The van der Waals surface area contributed by atoms with Gasteiger partial charge in [-0.05, 0) is 31.8 Å². The number of methoxy groups -OCH3 is 1. The quantitative estimate of drug-likeness (QED) is 0.680. The lowest BCUT2D eigenvalue weighted by Gasteiger charge is -2.13. The molecule has 0 aliphatic rings. The summed E-state index contributed by atoms with van der Waals surface area (Å²) < 4.78 is 5.22. The molecule has 0 aliphatic carbocycles. The zero-order chi connectivity index (χ0) is 10.6. The predicted octanol–water partition coefficient (Wildman–Crippen LogP) is 2.31. The summed E-state index contributed by atoms with van der Waals surface area (Å²) in [5, 5.41) is 0. The van der Waals surface area contributed by atoms with Gasteiger partial charge in [-0.1, -0.05) is 6.07 Å². The van der Waals surface area contributed by atoms with Gasteiger partial charge < -0.3 is 9.64 Å². The molecule has 0 saturated carbocycles. The van der Waals surface area contributed by atoms with E-state index in [1.165, 1.54) is 0 Å². The van der Waals surface area contributed by atoms with Crippen LogP contribution in [-0.4, -0.2) is 26.1 Å². The number of hydrogen-bond donors (Lipinski definition) is 0. The molecule has 0 fully saturated rings. The van der Waals surface area contributed by atoms with Gasteiger partial charge in [0.15, 0.2) is 5.69 Å². The molecule has 0 amide bonds. The van der Waals surface area contributed by atoms with Crippen LogP contribution in [0.25, 0.3) is 4.85 Å². The lowest BCUT2D eigenvalue weighted by molar-refractivity contribution is 0.372. The Balaban J connectivity index is 3.03. The van der Waals surface area contributed by atoms with Crippen LogP contribution in [0.3, 0.4) is 0 Å². The van der Waals surface area contributed by atoms with E-state index in [4.69, 9.17) is 11.3 Å². The Hall–Kier alpha value is -1.53. The van der Waals surface area contributed by atoms with Crippen molar-refractivity contribution < 1.29 is 4.74 Å². The Labute approximate surface area is 84.7 Å². The van der Waals surface area contributed by atoms with E-state index in [0.29, 0.717) is 5.69 Å². The van der Waals surface area contributed by atoms with Crippen LogP contribution >= 0.6 is 0 Å². The first-order valence-corrected chi connectivity index (χ1v) is 4.36. The lowest BCUT2D eigenvalue weighted by atomic mass is 10.1. The Kier molecular flexibility index (Phi) is 3.49. The maximum absolute atomic E-state index is 6.92. The van der Waals surface area contributed by atoms with E-state index in [1.807, 2.05) is 31.1 Å². The molecular weight excluding hydrogens is 176 g/mol. The van der Waals surface area contributed by atoms with Crippen molar-refractivity contribution in [3.05, 3.63) is 35.2 Å². The van der Waals surface area contributed by atoms with Gasteiger partial charge in [-0.25, -0.2) is 4.85 Å². The largest absolute Gasteiger partial charge is 0.497 e. The van der Waals surface area contributed by atoms with Crippen LogP contribution in [0.1, 0.15) is 5.56 Å². The summed E-state index contributed by atoms with van der Waals surface area (Å²) in [7, 11) is 5.62. The second-order valence-corrected chi connectivity index (χ2v) is 3.35. The highest BCUT2D eigenvalue weighted by Gasteiger charge is 2.04. The molecule has 0 heterocycles. The van der Waals surface area contributed by atoms with Crippen LogP contribution in [0.2, 0.25) is 0 Å². The van der Waals surface area contributed by atoms with Crippen molar-refractivity contribution in [2.24, 2.45) is 0 Å². The zero-order valence-corrected chi connectivity index (χ0v) is 8.74. The molecule has 0 N–H and O–H groups in total. The molecule has 3 nitrogen and oxygen atoms in total. The van der Waals surface area contributed by atoms with E-state index in [9.17, 15) is 0 Å².